The van der Waals surface area contributed by atoms with Gasteiger partial charge in [-0.25, -0.2) is 4.90 Å². The number of rotatable bonds is 3. The van der Waals surface area contributed by atoms with Crippen molar-refractivity contribution in [1.82, 2.24) is 9.80 Å². The lowest BCUT2D eigenvalue weighted by Gasteiger charge is -2.13. The van der Waals surface area contributed by atoms with E-state index in [0.717, 1.165) is 18.7 Å². The molecule has 0 bridgehead atoms. The molecule has 0 fully saturated rings. The number of hydrogen-bond acceptors (Lipinski definition) is 4. The van der Waals surface area contributed by atoms with Crippen LogP contribution >= 0.6 is 0 Å². The molecule has 0 amide bonds. The summed E-state index contributed by atoms with van der Waals surface area (Å²) in [6.45, 7) is 5.19. The van der Waals surface area contributed by atoms with E-state index in [0.29, 0.717) is 6.67 Å². The summed E-state index contributed by atoms with van der Waals surface area (Å²) < 4.78 is 0. The van der Waals surface area contributed by atoms with E-state index in [1.54, 1.807) is 11.8 Å². The third kappa shape index (κ3) is 1.74. The molecule has 74 valence electrons. The molecule has 0 aromatic rings. The van der Waals surface area contributed by atoms with E-state index in [-0.39, 0.29) is 10.7 Å². The molecule has 0 radical (unpaired) electrons. The quantitative estimate of drug-likeness (QED) is 0.487. The van der Waals surface area contributed by atoms with Gasteiger partial charge in [-0.15, -0.1) is 0 Å². The Labute approximate surface area is 77.8 Å². The highest BCUT2D eigenvalue weighted by Crippen LogP contribution is 2.21. The Morgan fingerprint density at radius 3 is 2.69 bits per heavy atom. The van der Waals surface area contributed by atoms with Crippen LogP contribution in [0, 0.1) is 10.1 Å². The lowest BCUT2D eigenvalue weighted by atomic mass is 10.4. The lowest BCUT2D eigenvalue weighted by Crippen LogP contribution is -2.28. The van der Waals surface area contributed by atoms with E-state index >= 15 is 0 Å². The Bertz CT molecular complexity index is 250. The van der Waals surface area contributed by atoms with Crippen LogP contribution in [0.25, 0.3) is 0 Å². The monoisotopic (exact) mass is 185 g/mol. The van der Waals surface area contributed by atoms with Crippen LogP contribution in [0.3, 0.4) is 0 Å². The van der Waals surface area contributed by atoms with E-state index in [1.807, 2.05) is 18.9 Å². The van der Waals surface area contributed by atoms with Gasteiger partial charge < -0.3 is 15.0 Å². The molecule has 0 aliphatic carbocycles. The average molecular weight is 185 g/mol. The maximum atomic E-state index is 10.7. The molecule has 0 aromatic carbocycles. The van der Waals surface area contributed by atoms with Crippen molar-refractivity contribution in [2.45, 2.75) is 20.3 Å². The highest BCUT2D eigenvalue weighted by Gasteiger charge is 2.32. The van der Waals surface area contributed by atoms with Gasteiger partial charge in [-0.05, 0) is 18.3 Å². The Balaban J connectivity index is 2.86. The Hall–Kier alpha value is -1.26. The van der Waals surface area contributed by atoms with Gasteiger partial charge in [-0.1, -0.05) is 6.92 Å². The van der Waals surface area contributed by atoms with Crippen LogP contribution in [0.2, 0.25) is 0 Å². The summed E-state index contributed by atoms with van der Waals surface area (Å²) in [5.41, 5.74) is 0.749. The molecule has 5 heteroatoms. The van der Waals surface area contributed by atoms with Gasteiger partial charge >= 0.3 is 5.82 Å². The molecule has 1 heterocycles. The van der Waals surface area contributed by atoms with Crippen molar-refractivity contribution in [3.05, 3.63) is 21.6 Å². The van der Waals surface area contributed by atoms with Gasteiger partial charge in [0.15, 0.2) is 6.67 Å². The molecule has 0 unspecified atom stereocenters. The summed E-state index contributed by atoms with van der Waals surface area (Å²) in [4.78, 5) is 14.1. The molecule has 0 aromatic heterocycles. The van der Waals surface area contributed by atoms with E-state index in [9.17, 15) is 10.1 Å². The van der Waals surface area contributed by atoms with Gasteiger partial charge in [-0.3, -0.25) is 0 Å². The van der Waals surface area contributed by atoms with Gasteiger partial charge in [0.25, 0.3) is 0 Å². The topological polar surface area (TPSA) is 49.6 Å². The van der Waals surface area contributed by atoms with Gasteiger partial charge in [0.1, 0.15) is 5.70 Å². The van der Waals surface area contributed by atoms with E-state index in [1.165, 1.54) is 0 Å². The summed E-state index contributed by atoms with van der Waals surface area (Å²) in [6, 6.07) is 0. The number of nitro groups is 1. The Kier molecular flexibility index (Phi) is 2.75. The third-order valence-corrected chi connectivity index (χ3v) is 2.25. The van der Waals surface area contributed by atoms with Crippen molar-refractivity contribution >= 4 is 0 Å². The first-order chi connectivity index (χ1) is 6.07. The van der Waals surface area contributed by atoms with E-state index in [2.05, 4.69) is 0 Å². The maximum absolute atomic E-state index is 10.7. The Morgan fingerprint density at radius 1 is 1.62 bits per heavy atom. The van der Waals surface area contributed by atoms with Crippen molar-refractivity contribution in [1.29, 1.82) is 0 Å². The second-order valence-electron chi connectivity index (χ2n) is 3.27. The van der Waals surface area contributed by atoms with Crippen molar-refractivity contribution in [3.8, 4) is 0 Å². The lowest BCUT2D eigenvalue weighted by molar-refractivity contribution is -0.445. The zero-order valence-corrected chi connectivity index (χ0v) is 8.28. The Morgan fingerprint density at radius 2 is 2.23 bits per heavy atom. The molecule has 13 heavy (non-hydrogen) atoms. The molecule has 0 saturated carbocycles. The number of nitrogens with zero attached hydrogens (tertiary/aromatic N) is 3. The van der Waals surface area contributed by atoms with Crippen molar-refractivity contribution in [2.24, 2.45) is 0 Å². The first-order valence-corrected chi connectivity index (χ1v) is 4.39. The standard InChI is InChI=1S/C8H15N3O2/c1-4-5-10-6-9(3)7(2)8(10)11(12)13/h4-6H2,1-3H3. The normalized spacial score (nSPS) is 17.2. The fourth-order valence-electron chi connectivity index (χ4n) is 1.52. The van der Waals surface area contributed by atoms with Gasteiger partial charge in [0.05, 0.1) is 6.54 Å². The minimum absolute atomic E-state index is 0.254. The highest BCUT2D eigenvalue weighted by molar-refractivity contribution is 5.08. The summed E-state index contributed by atoms with van der Waals surface area (Å²) >= 11 is 0. The first-order valence-electron chi connectivity index (χ1n) is 4.39. The molecular formula is C8H15N3O2. The summed E-state index contributed by atoms with van der Waals surface area (Å²) in [6.07, 6.45) is 0.929. The van der Waals surface area contributed by atoms with Crippen LogP contribution in [0.5, 0.6) is 0 Å². The highest BCUT2D eigenvalue weighted by atomic mass is 16.6. The smallest absolute Gasteiger partial charge is 0.338 e. The predicted molar refractivity (Wildman–Crippen MR) is 49.3 cm³/mol. The van der Waals surface area contributed by atoms with Crippen molar-refractivity contribution < 1.29 is 4.92 Å². The molecule has 0 N–H and O–H groups in total. The molecule has 0 saturated heterocycles. The minimum atomic E-state index is -0.297. The van der Waals surface area contributed by atoms with Crippen LogP contribution in [0.15, 0.2) is 11.5 Å². The number of allylic oxidation sites excluding steroid dienone is 1. The molecule has 0 spiro atoms. The van der Waals surface area contributed by atoms with Crippen molar-refractivity contribution in [2.75, 3.05) is 20.3 Å². The molecule has 5 nitrogen and oxygen atoms in total. The summed E-state index contributed by atoms with van der Waals surface area (Å²) in [5, 5.41) is 10.7. The van der Waals surface area contributed by atoms with Gasteiger partial charge in [-0.2, -0.15) is 0 Å². The van der Waals surface area contributed by atoms with Crippen LogP contribution in [-0.2, 0) is 0 Å². The van der Waals surface area contributed by atoms with Gasteiger partial charge in [0.2, 0.25) is 0 Å². The van der Waals surface area contributed by atoms with Crippen LogP contribution in [0.1, 0.15) is 20.3 Å². The summed E-state index contributed by atoms with van der Waals surface area (Å²) in [7, 11) is 1.87. The molecular weight excluding hydrogens is 170 g/mol. The molecule has 0 atom stereocenters. The fraction of sp³-hybridized carbons (Fsp3) is 0.750. The van der Waals surface area contributed by atoms with Crippen molar-refractivity contribution in [3.63, 3.8) is 0 Å². The number of hydrogen-bond donors (Lipinski definition) is 0. The minimum Gasteiger partial charge on any atom is -0.358 e. The van der Waals surface area contributed by atoms with E-state index < -0.39 is 0 Å². The largest absolute Gasteiger partial charge is 0.358 e. The molecule has 1 rings (SSSR count). The van der Waals surface area contributed by atoms with Crippen LogP contribution < -0.4 is 0 Å². The zero-order valence-electron chi connectivity index (χ0n) is 8.28. The van der Waals surface area contributed by atoms with E-state index in [4.69, 9.17) is 0 Å². The van der Waals surface area contributed by atoms with Crippen LogP contribution in [0.4, 0.5) is 0 Å². The maximum Gasteiger partial charge on any atom is 0.338 e. The second-order valence-corrected chi connectivity index (χ2v) is 3.27. The first kappa shape index (κ1) is 9.83. The molecule has 1 aliphatic heterocycles. The summed E-state index contributed by atoms with van der Waals surface area (Å²) in [5.74, 6) is 0.254. The second kappa shape index (κ2) is 3.64. The zero-order chi connectivity index (χ0) is 10.0. The fourth-order valence-corrected chi connectivity index (χ4v) is 1.52. The third-order valence-electron chi connectivity index (χ3n) is 2.25. The average Bonchev–Trinajstić information content (AvgIpc) is 2.28. The predicted octanol–water partition coefficient (Wildman–Crippen LogP) is 1.07. The SMILES string of the molecule is CCCN1CN(C)C(C)=C1[N+](=O)[O-]. The van der Waals surface area contributed by atoms with Gasteiger partial charge in [0, 0.05) is 7.05 Å². The van der Waals surface area contributed by atoms with Crippen LogP contribution in [-0.4, -0.2) is 35.0 Å². The molecule has 1 aliphatic rings.